The van der Waals surface area contributed by atoms with Crippen LogP contribution in [-0.4, -0.2) is 22.9 Å². The van der Waals surface area contributed by atoms with E-state index in [1.165, 1.54) is 4.88 Å². The van der Waals surface area contributed by atoms with Gasteiger partial charge in [-0.2, -0.15) is 0 Å². The van der Waals surface area contributed by atoms with Gasteiger partial charge in [0.15, 0.2) is 0 Å². The van der Waals surface area contributed by atoms with Crippen LogP contribution in [-0.2, 0) is 6.54 Å². The first-order chi connectivity index (χ1) is 8.33. The van der Waals surface area contributed by atoms with E-state index in [2.05, 4.69) is 47.4 Å². The van der Waals surface area contributed by atoms with Crippen LogP contribution in [0, 0.1) is 0 Å². The zero-order chi connectivity index (χ0) is 11.7. The van der Waals surface area contributed by atoms with Crippen molar-refractivity contribution in [1.82, 2.24) is 7.96 Å². The van der Waals surface area contributed by atoms with Gasteiger partial charge in [-0.3, -0.25) is 0 Å². The topological polar surface area (TPSA) is 37.8 Å². The van der Waals surface area contributed by atoms with Crippen LogP contribution in [0.2, 0.25) is 0 Å². The number of aromatic nitrogens is 2. The predicted molar refractivity (Wildman–Crippen MR) is 75.8 cm³/mol. The van der Waals surface area contributed by atoms with Gasteiger partial charge in [-0.25, -0.2) is 0 Å². The number of fused-ring (bicyclic) bond motifs is 1. The van der Waals surface area contributed by atoms with Gasteiger partial charge in [-0.15, -0.1) is 0 Å². The molecule has 0 radical (unpaired) electrons. The van der Waals surface area contributed by atoms with Gasteiger partial charge in [0.25, 0.3) is 0 Å². The summed E-state index contributed by atoms with van der Waals surface area (Å²) < 4.78 is 9.98. The van der Waals surface area contributed by atoms with Crippen molar-refractivity contribution in [2.24, 2.45) is 0 Å². The summed E-state index contributed by atoms with van der Waals surface area (Å²) in [4.78, 5) is 1.30. The summed E-state index contributed by atoms with van der Waals surface area (Å²) in [5, 5.41) is 3.42. The van der Waals surface area contributed by atoms with Crippen LogP contribution < -0.4 is 5.32 Å². The third-order valence-electron chi connectivity index (χ3n) is 2.37. The summed E-state index contributed by atoms with van der Waals surface area (Å²) >= 11 is 5.25. The Morgan fingerprint density at radius 1 is 1.24 bits per heavy atom. The van der Waals surface area contributed by atoms with Gasteiger partial charge < -0.3 is 0 Å². The molecule has 17 heavy (non-hydrogen) atoms. The van der Waals surface area contributed by atoms with Crippen molar-refractivity contribution >= 4 is 58.9 Å². The third kappa shape index (κ3) is 2.45. The Morgan fingerprint density at radius 2 is 2.18 bits per heavy atom. The fourth-order valence-corrected chi connectivity index (χ4v) is 4.15. The number of nitrogens with one attached hydrogen (secondary N) is 1. The molecule has 1 N–H and O–H groups in total. The molecule has 6 heteroatoms. The number of hydrogen-bond donors (Lipinski definition) is 1. The summed E-state index contributed by atoms with van der Waals surface area (Å²) in [7, 11) is 0. The Hall–Kier alpha value is -0.681. The molecule has 0 aliphatic rings. The maximum absolute atomic E-state index is 4.44. The van der Waals surface area contributed by atoms with Gasteiger partial charge in [0.05, 0.1) is 0 Å². The number of benzene rings is 1. The summed E-state index contributed by atoms with van der Waals surface area (Å²) in [6, 6.07) is 10.3. The first-order valence-electron chi connectivity index (χ1n) is 5.02. The van der Waals surface area contributed by atoms with E-state index < -0.39 is 0 Å². The number of rotatable bonds is 3. The van der Waals surface area contributed by atoms with E-state index in [-0.39, 0.29) is 15.0 Å². The van der Waals surface area contributed by atoms with Crippen molar-refractivity contribution in [2.75, 3.05) is 5.32 Å². The van der Waals surface area contributed by atoms with Crippen molar-refractivity contribution < 1.29 is 0 Å². The number of thiophene rings is 1. The van der Waals surface area contributed by atoms with Crippen molar-refractivity contribution in [3.05, 3.63) is 39.0 Å². The minimum atomic E-state index is 0.0338. The fourth-order valence-electron chi connectivity index (χ4n) is 1.58. The summed E-state index contributed by atoms with van der Waals surface area (Å²) in [5.74, 6) is 0. The van der Waals surface area contributed by atoms with Crippen LogP contribution in [0.3, 0.4) is 0 Å². The van der Waals surface area contributed by atoms with Crippen LogP contribution >= 0.6 is 27.3 Å². The molecule has 0 fully saturated rings. The SMILES string of the molecule is Brc1ccc(CNc2cccc3n[se]nc23)s1. The predicted octanol–water partition coefficient (Wildman–Crippen LogP) is 3.12. The number of halogens is 1. The second-order valence-corrected chi connectivity index (χ2v) is 7.15. The van der Waals surface area contributed by atoms with E-state index >= 15 is 0 Å². The maximum atomic E-state index is 4.44. The third-order valence-corrected chi connectivity index (χ3v) is 5.13. The van der Waals surface area contributed by atoms with Crippen LogP contribution in [0.25, 0.3) is 11.0 Å². The molecule has 3 rings (SSSR count). The van der Waals surface area contributed by atoms with Crippen LogP contribution in [0.5, 0.6) is 0 Å². The molecule has 0 bridgehead atoms. The van der Waals surface area contributed by atoms with Gasteiger partial charge in [-0.1, -0.05) is 0 Å². The van der Waals surface area contributed by atoms with Gasteiger partial charge in [-0.05, 0) is 0 Å². The molecule has 3 nitrogen and oxygen atoms in total. The minimum absolute atomic E-state index is 0.0338. The van der Waals surface area contributed by atoms with Crippen molar-refractivity contribution in [3.63, 3.8) is 0 Å². The Bertz CT molecular complexity index is 649. The molecule has 0 spiro atoms. The standard InChI is InChI=1S/C11H8BrN3SSe/c12-10-5-4-7(16-10)6-13-8-2-1-3-9-11(8)15-17-14-9/h1-5,13H,6H2. The van der Waals surface area contributed by atoms with Gasteiger partial charge in [0.1, 0.15) is 0 Å². The summed E-state index contributed by atoms with van der Waals surface area (Å²) in [5.41, 5.74) is 3.11. The zero-order valence-electron chi connectivity index (χ0n) is 8.68. The van der Waals surface area contributed by atoms with E-state index in [0.29, 0.717) is 0 Å². The normalized spacial score (nSPS) is 10.9. The molecule has 2 heterocycles. The molecule has 86 valence electrons. The second kappa shape index (κ2) is 4.90. The van der Waals surface area contributed by atoms with Gasteiger partial charge in [0.2, 0.25) is 0 Å². The van der Waals surface area contributed by atoms with E-state index in [1.54, 1.807) is 11.3 Å². The molecular weight excluding hydrogens is 365 g/mol. The Balaban J connectivity index is 1.83. The van der Waals surface area contributed by atoms with E-state index in [0.717, 1.165) is 27.1 Å². The summed E-state index contributed by atoms with van der Waals surface area (Å²) in [6.07, 6.45) is 0. The summed E-state index contributed by atoms with van der Waals surface area (Å²) in [6.45, 7) is 0.829. The molecule has 0 atom stereocenters. The fraction of sp³-hybridized carbons (Fsp3) is 0.0909. The van der Waals surface area contributed by atoms with Gasteiger partial charge >= 0.3 is 118 Å². The Kier molecular flexibility index (Phi) is 3.29. The molecule has 3 aromatic rings. The van der Waals surface area contributed by atoms with Crippen molar-refractivity contribution in [3.8, 4) is 0 Å². The van der Waals surface area contributed by atoms with E-state index in [4.69, 9.17) is 0 Å². The first-order valence-corrected chi connectivity index (χ1v) is 8.16. The number of anilines is 1. The quantitative estimate of drug-likeness (QED) is 0.717. The van der Waals surface area contributed by atoms with Crippen LogP contribution in [0.15, 0.2) is 34.1 Å². The number of nitrogens with zero attached hydrogens (tertiary/aromatic N) is 2. The second-order valence-electron chi connectivity index (χ2n) is 3.50. The molecule has 1 aromatic carbocycles. The van der Waals surface area contributed by atoms with Crippen molar-refractivity contribution in [2.45, 2.75) is 6.54 Å². The van der Waals surface area contributed by atoms with E-state index in [9.17, 15) is 0 Å². The average Bonchev–Trinajstić information content (AvgIpc) is 2.94. The average molecular weight is 373 g/mol. The van der Waals surface area contributed by atoms with Gasteiger partial charge in [0, 0.05) is 0 Å². The molecule has 0 amide bonds. The molecular formula is C11H8BrN3SSe. The Labute approximate surface area is 117 Å². The van der Waals surface area contributed by atoms with Crippen LogP contribution in [0.4, 0.5) is 5.69 Å². The molecule has 2 aromatic heterocycles. The Morgan fingerprint density at radius 3 is 3.00 bits per heavy atom. The molecule has 0 aliphatic carbocycles. The molecule has 0 saturated heterocycles. The van der Waals surface area contributed by atoms with Crippen molar-refractivity contribution in [1.29, 1.82) is 0 Å². The van der Waals surface area contributed by atoms with E-state index in [1.807, 2.05) is 12.1 Å². The molecule has 0 unspecified atom stereocenters. The van der Waals surface area contributed by atoms with Crippen LogP contribution in [0.1, 0.15) is 4.88 Å². The molecule has 0 aliphatic heterocycles. The zero-order valence-corrected chi connectivity index (χ0v) is 12.8. The first kappa shape index (κ1) is 11.4. The molecule has 0 saturated carbocycles. The number of hydrogen-bond acceptors (Lipinski definition) is 4. The monoisotopic (exact) mass is 373 g/mol.